The molecular weight excluding hydrogens is 230 g/mol. The summed E-state index contributed by atoms with van der Waals surface area (Å²) in [7, 11) is 2.23. The lowest BCUT2D eigenvalue weighted by Gasteiger charge is -2.42. The molecule has 0 radical (unpaired) electrons. The normalized spacial score (nSPS) is 12.6. The first-order valence-corrected chi connectivity index (χ1v) is 7.33. The second-order valence-corrected chi connectivity index (χ2v) is 6.76. The van der Waals surface area contributed by atoms with E-state index in [9.17, 15) is 0 Å². The van der Waals surface area contributed by atoms with Gasteiger partial charge >= 0.3 is 0 Å². The Morgan fingerprint density at radius 2 is 1.05 bits per heavy atom. The minimum atomic E-state index is 0.0611. The third kappa shape index (κ3) is 2.58. The van der Waals surface area contributed by atoms with Gasteiger partial charge in [-0.15, -0.1) is 0 Å². The fourth-order valence-electron chi connectivity index (χ4n) is 3.24. The van der Waals surface area contributed by atoms with E-state index in [-0.39, 0.29) is 5.54 Å². The SMILES string of the molecule is Cc1c(C)c(C)c(C(C)(C)N(C)C(C)C)c(C)c1C. The van der Waals surface area contributed by atoms with Gasteiger partial charge in [-0.2, -0.15) is 0 Å². The number of hydrogen-bond acceptors (Lipinski definition) is 1. The molecule has 1 nitrogen and oxygen atoms in total. The van der Waals surface area contributed by atoms with Crippen molar-refractivity contribution in [3.63, 3.8) is 0 Å². The van der Waals surface area contributed by atoms with E-state index in [1.807, 2.05) is 0 Å². The van der Waals surface area contributed by atoms with Crippen molar-refractivity contribution < 1.29 is 0 Å². The predicted molar refractivity (Wildman–Crippen MR) is 86.1 cm³/mol. The highest BCUT2D eigenvalue weighted by atomic mass is 15.2. The first-order valence-electron chi connectivity index (χ1n) is 7.33. The molecule has 1 aromatic rings. The summed E-state index contributed by atoms with van der Waals surface area (Å²) in [6, 6.07) is 0.538. The smallest absolute Gasteiger partial charge is 0.0409 e. The van der Waals surface area contributed by atoms with E-state index in [0.29, 0.717) is 6.04 Å². The first-order chi connectivity index (χ1) is 8.53. The molecule has 1 heteroatoms. The summed E-state index contributed by atoms with van der Waals surface area (Å²) in [6.07, 6.45) is 0. The Labute approximate surface area is 120 Å². The van der Waals surface area contributed by atoms with Crippen molar-refractivity contribution in [3.8, 4) is 0 Å². The molecule has 19 heavy (non-hydrogen) atoms. The molecule has 108 valence electrons. The summed E-state index contributed by atoms with van der Waals surface area (Å²) < 4.78 is 0. The highest BCUT2D eigenvalue weighted by Crippen LogP contribution is 2.37. The molecule has 0 saturated heterocycles. The van der Waals surface area contributed by atoms with E-state index in [1.54, 1.807) is 0 Å². The lowest BCUT2D eigenvalue weighted by molar-refractivity contribution is 0.117. The van der Waals surface area contributed by atoms with Crippen molar-refractivity contribution in [1.29, 1.82) is 0 Å². The van der Waals surface area contributed by atoms with E-state index in [2.05, 4.69) is 74.3 Å². The van der Waals surface area contributed by atoms with Crippen LogP contribution in [0.4, 0.5) is 0 Å². The van der Waals surface area contributed by atoms with Gasteiger partial charge in [0.25, 0.3) is 0 Å². The third-order valence-corrected chi connectivity index (χ3v) is 5.27. The minimum Gasteiger partial charge on any atom is -0.295 e. The quantitative estimate of drug-likeness (QED) is 0.755. The zero-order valence-corrected chi connectivity index (χ0v) is 14.5. The largest absolute Gasteiger partial charge is 0.295 e. The zero-order chi connectivity index (χ0) is 15.1. The second kappa shape index (κ2) is 5.28. The second-order valence-electron chi connectivity index (χ2n) is 6.76. The maximum Gasteiger partial charge on any atom is 0.0409 e. The first kappa shape index (κ1) is 16.2. The van der Waals surface area contributed by atoms with Crippen molar-refractivity contribution in [3.05, 3.63) is 33.4 Å². The summed E-state index contributed by atoms with van der Waals surface area (Å²) in [6.45, 7) is 20.5. The molecule has 0 aliphatic heterocycles. The third-order valence-electron chi connectivity index (χ3n) is 5.27. The Hall–Kier alpha value is -0.820. The number of rotatable bonds is 3. The van der Waals surface area contributed by atoms with Gasteiger partial charge in [0.2, 0.25) is 0 Å². The van der Waals surface area contributed by atoms with E-state index in [0.717, 1.165) is 0 Å². The monoisotopic (exact) mass is 261 g/mol. The van der Waals surface area contributed by atoms with Gasteiger partial charge in [-0.1, -0.05) is 0 Å². The average Bonchev–Trinajstić information content (AvgIpc) is 2.32. The molecule has 1 rings (SSSR count). The van der Waals surface area contributed by atoms with Gasteiger partial charge in [0.1, 0.15) is 0 Å². The molecule has 0 saturated carbocycles. The van der Waals surface area contributed by atoms with Gasteiger partial charge in [0.05, 0.1) is 0 Å². The van der Waals surface area contributed by atoms with Crippen LogP contribution in [0.2, 0.25) is 0 Å². The van der Waals surface area contributed by atoms with Crippen LogP contribution in [0.1, 0.15) is 61.1 Å². The molecular formula is C18H31N. The summed E-state index contributed by atoms with van der Waals surface area (Å²) in [5, 5.41) is 0. The molecule has 0 aromatic heterocycles. The summed E-state index contributed by atoms with van der Waals surface area (Å²) >= 11 is 0. The van der Waals surface area contributed by atoms with Crippen LogP contribution in [0.5, 0.6) is 0 Å². The maximum atomic E-state index is 2.47. The average molecular weight is 261 g/mol. The molecule has 0 aliphatic rings. The lowest BCUT2D eigenvalue weighted by Crippen LogP contribution is -2.44. The Balaban J connectivity index is 3.60. The van der Waals surface area contributed by atoms with Crippen molar-refractivity contribution in [2.75, 3.05) is 7.05 Å². The Morgan fingerprint density at radius 3 is 1.37 bits per heavy atom. The van der Waals surface area contributed by atoms with Crippen LogP contribution in [0.3, 0.4) is 0 Å². The number of benzene rings is 1. The summed E-state index contributed by atoms with van der Waals surface area (Å²) in [5.41, 5.74) is 8.82. The topological polar surface area (TPSA) is 3.24 Å². The fraction of sp³-hybridized carbons (Fsp3) is 0.667. The van der Waals surface area contributed by atoms with Gasteiger partial charge in [-0.3, -0.25) is 4.90 Å². The highest BCUT2D eigenvalue weighted by Gasteiger charge is 2.31. The molecule has 0 bridgehead atoms. The molecule has 0 heterocycles. The Morgan fingerprint density at radius 1 is 0.737 bits per heavy atom. The van der Waals surface area contributed by atoms with Gasteiger partial charge in [-0.25, -0.2) is 0 Å². The van der Waals surface area contributed by atoms with Crippen LogP contribution in [-0.2, 0) is 5.54 Å². The van der Waals surface area contributed by atoms with Crippen molar-refractivity contribution >= 4 is 0 Å². The Kier molecular flexibility index (Phi) is 4.51. The van der Waals surface area contributed by atoms with E-state index in [4.69, 9.17) is 0 Å². The van der Waals surface area contributed by atoms with Crippen LogP contribution in [0.15, 0.2) is 0 Å². The van der Waals surface area contributed by atoms with Crippen LogP contribution in [0, 0.1) is 34.6 Å². The van der Waals surface area contributed by atoms with Gasteiger partial charge in [0, 0.05) is 11.6 Å². The molecule has 1 aromatic carbocycles. The van der Waals surface area contributed by atoms with Crippen LogP contribution < -0.4 is 0 Å². The lowest BCUT2D eigenvalue weighted by atomic mass is 9.79. The minimum absolute atomic E-state index is 0.0611. The van der Waals surface area contributed by atoms with Crippen LogP contribution in [-0.4, -0.2) is 18.0 Å². The molecule has 0 atom stereocenters. The molecule has 0 N–H and O–H groups in total. The van der Waals surface area contributed by atoms with Crippen LogP contribution >= 0.6 is 0 Å². The van der Waals surface area contributed by atoms with Crippen molar-refractivity contribution in [2.45, 2.75) is 73.9 Å². The standard InChI is InChI=1S/C18H31N/c1-11(2)19(10)18(8,9)17-15(6)13(4)12(3)14(5)16(17)7/h11H,1-10H3. The molecule has 0 spiro atoms. The molecule has 0 amide bonds. The maximum absolute atomic E-state index is 2.47. The summed E-state index contributed by atoms with van der Waals surface area (Å²) in [5.74, 6) is 0. The Bertz CT molecular complexity index is 452. The van der Waals surface area contributed by atoms with Gasteiger partial charge in [-0.05, 0) is 103 Å². The van der Waals surface area contributed by atoms with Crippen LogP contribution in [0.25, 0.3) is 0 Å². The van der Waals surface area contributed by atoms with Crippen molar-refractivity contribution in [2.24, 2.45) is 0 Å². The van der Waals surface area contributed by atoms with Crippen molar-refractivity contribution in [1.82, 2.24) is 4.90 Å². The number of hydrogen-bond donors (Lipinski definition) is 0. The van der Waals surface area contributed by atoms with E-state index >= 15 is 0 Å². The molecule has 0 fully saturated rings. The highest BCUT2D eigenvalue weighted by molar-refractivity contribution is 5.52. The van der Waals surface area contributed by atoms with E-state index in [1.165, 1.54) is 33.4 Å². The van der Waals surface area contributed by atoms with Gasteiger partial charge < -0.3 is 0 Å². The number of nitrogens with zero attached hydrogens (tertiary/aromatic N) is 1. The zero-order valence-electron chi connectivity index (χ0n) is 14.5. The molecule has 0 aliphatic carbocycles. The molecule has 0 unspecified atom stereocenters. The summed E-state index contributed by atoms with van der Waals surface area (Å²) in [4.78, 5) is 2.47. The van der Waals surface area contributed by atoms with E-state index < -0.39 is 0 Å². The predicted octanol–water partition coefficient (Wildman–Crippen LogP) is 4.80. The fourth-order valence-corrected chi connectivity index (χ4v) is 3.24. The van der Waals surface area contributed by atoms with Gasteiger partial charge in [0.15, 0.2) is 0 Å².